The highest BCUT2D eigenvalue weighted by atomic mass is 32.2. The summed E-state index contributed by atoms with van der Waals surface area (Å²) in [6.45, 7) is 6.08. The second-order valence-electron chi connectivity index (χ2n) is 6.84. The van der Waals surface area contributed by atoms with E-state index in [9.17, 15) is 0 Å². The Labute approximate surface area is 176 Å². The van der Waals surface area contributed by atoms with Gasteiger partial charge in [0.15, 0.2) is 16.6 Å². The van der Waals surface area contributed by atoms with E-state index < -0.39 is 0 Å². The third-order valence-corrected chi connectivity index (χ3v) is 6.31. The maximum atomic E-state index is 5.58. The van der Waals surface area contributed by atoms with Gasteiger partial charge in [0.25, 0.3) is 0 Å². The first-order valence-electron chi connectivity index (χ1n) is 9.59. The molecule has 7 heteroatoms. The van der Waals surface area contributed by atoms with E-state index in [0.29, 0.717) is 6.79 Å². The van der Waals surface area contributed by atoms with Gasteiger partial charge in [-0.3, -0.25) is 4.90 Å². The third-order valence-electron chi connectivity index (χ3n) is 4.89. The van der Waals surface area contributed by atoms with Crippen LogP contribution in [0.2, 0.25) is 0 Å². The second kappa shape index (κ2) is 9.49. The number of nitrogens with one attached hydrogen (secondary N) is 1. The number of hydrogen-bond acceptors (Lipinski definition) is 5. The Morgan fingerprint density at radius 1 is 1.00 bits per heavy atom. The van der Waals surface area contributed by atoms with Crippen LogP contribution < -0.4 is 14.8 Å². The Morgan fingerprint density at radius 3 is 2.61 bits per heavy atom. The van der Waals surface area contributed by atoms with E-state index in [0.717, 1.165) is 61.6 Å². The van der Waals surface area contributed by atoms with E-state index in [4.69, 9.17) is 21.7 Å². The fraction of sp³-hybridized carbons (Fsp3) is 0.381. The summed E-state index contributed by atoms with van der Waals surface area (Å²) < 4.78 is 10.9. The number of piperazine rings is 1. The summed E-state index contributed by atoms with van der Waals surface area (Å²) in [6.07, 6.45) is 0. The summed E-state index contributed by atoms with van der Waals surface area (Å²) in [5.74, 6) is 2.71. The van der Waals surface area contributed by atoms with Crippen LogP contribution in [0.3, 0.4) is 0 Å². The molecule has 148 valence electrons. The average Bonchev–Trinajstić information content (AvgIpc) is 3.20. The number of thioether (sulfide) groups is 1. The Hall–Kier alpha value is -1.96. The van der Waals surface area contributed by atoms with Crippen LogP contribution in [0.25, 0.3) is 0 Å². The van der Waals surface area contributed by atoms with Gasteiger partial charge in [0.1, 0.15) is 0 Å². The second-order valence-corrected chi connectivity index (χ2v) is 8.40. The van der Waals surface area contributed by atoms with Gasteiger partial charge in [-0.1, -0.05) is 24.3 Å². The third kappa shape index (κ3) is 5.10. The van der Waals surface area contributed by atoms with Crippen LogP contribution in [0.4, 0.5) is 0 Å². The molecule has 0 saturated carbocycles. The van der Waals surface area contributed by atoms with Crippen molar-refractivity contribution in [3.63, 3.8) is 0 Å². The number of nitrogens with zero attached hydrogens (tertiary/aromatic N) is 2. The predicted octanol–water partition coefficient (Wildman–Crippen LogP) is 3.20. The first-order chi connectivity index (χ1) is 13.8. The summed E-state index contributed by atoms with van der Waals surface area (Å²) in [6, 6.07) is 16.7. The quantitative estimate of drug-likeness (QED) is 0.441. The molecule has 1 fully saturated rings. The lowest BCUT2D eigenvalue weighted by molar-refractivity contribution is 0.172. The maximum absolute atomic E-state index is 5.58. The largest absolute Gasteiger partial charge is 0.454 e. The van der Waals surface area contributed by atoms with Crippen molar-refractivity contribution in [1.82, 2.24) is 15.1 Å². The minimum atomic E-state index is 0.325. The molecule has 0 aromatic heterocycles. The topological polar surface area (TPSA) is 37.0 Å². The molecule has 0 atom stereocenters. The monoisotopic (exact) mass is 415 g/mol. The Morgan fingerprint density at radius 2 is 1.79 bits per heavy atom. The van der Waals surface area contributed by atoms with Gasteiger partial charge in [-0.15, -0.1) is 11.8 Å². The first-order valence-corrected chi connectivity index (χ1v) is 11.0. The van der Waals surface area contributed by atoms with Crippen molar-refractivity contribution < 1.29 is 9.47 Å². The zero-order chi connectivity index (χ0) is 19.2. The van der Waals surface area contributed by atoms with Crippen molar-refractivity contribution in [2.75, 3.05) is 45.3 Å². The lowest BCUT2D eigenvalue weighted by Crippen LogP contribution is -2.51. The normalized spacial score (nSPS) is 16.2. The first kappa shape index (κ1) is 19.4. The average molecular weight is 416 g/mol. The molecule has 0 spiro atoms. The smallest absolute Gasteiger partial charge is 0.231 e. The van der Waals surface area contributed by atoms with Gasteiger partial charge in [0.2, 0.25) is 6.79 Å². The molecule has 2 aliphatic heterocycles. The molecule has 2 aromatic rings. The standard InChI is InChI=1S/C21H25N3O2S2/c27-21(22-8-13-28-18-4-2-1-3-5-18)24-11-9-23(10-12-24)15-17-6-7-19-20(14-17)26-16-25-19/h1-7,14H,8-13,15-16H2,(H,22,27). The Bertz CT molecular complexity index is 795. The number of fused-ring (bicyclic) bond motifs is 1. The van der Waals surface area contributed by atoms with Crippen LogP contribution in [0.15, 0.2) is 53.4 Å². The summed E-state index contributed by atoms with van der Waals surface area (Å²) in [5.41, 5.74) is 1.26. The lowest BCUT2D eigenvalue weighted by atomic mass is 10.1. The molecule has 2 aromatic carbocycles. The summed E-state index contributed by atoms with van der Waals surface area (Å²) in [4.78, 5) is 6.04. The van der Waals surface area contributed by atoms with Crippen LogP contribution >= 0.6 is 24.0 Å². The molecule has 0 aliphatic carbocycles. The van der Waals surface area contributed by atoms with Crippen LogP contribution in [0.5, 0.6) is 11.5 Å². The SMILES string of the molecule is S=C(NCCSc1ccccc1)N1CCN(Cc2ccc3c(c2)OCO3)CC1. The highest BCUT2D eigenvalue weighted by Crippen LogP contribution is 2.32. The maximum Gasteiger partial charge on any atom is 0.231 e. The fourth-order valence-electron chi connectivity index (χ4n) is 3.36. The minimum Gasteiger partial charge on any atom is -0.454 e. The zero-order valence-electron chi connectivity index (χ0n) is 15.8. The van der Waals surface area contributed by atoms with E-state index >= 15 is 0 Å². The minimum absolute atomic E-state index is 0.325. The van der Waals surface area contributed by atoms with E-state index in [1.807, 2.05) is 23.9 Å². The van der Waals surface area contributed by atoms with Gasteiger partial charge in [0.05, 0.1) is 0 Å². The number of hydrogen-bond donors (Lipinski definition) is 1. The van der Waals surface area contributed by atoms with Crippen LogP contribution in [-0.4, -0.2) is 60.2 Å². The molecule has 0 radical (unpaired) electrons. The molecule has 5 nitrogen and oxygen atoms in total. The predicted molar refractivity (Wildman–Crippen MR) is 117 cm³/mol. The van der Waals surface area contributed by atoms with Crippen molar-refractivity contribution >= 4 is 29.1 Å². The number of rotatable bonds is 6. The lowest BCUT2D eigenvalue weighted by Gasteiger charge is -2.36. The molecular weight excluding hydrogens is 390 g/mol. The highest BCUT2D eigenvalue weighted by Gasteiger charge is 2.20. The van der Waals surface area contributed by atoms with Gasteiger partial charge in [-0.2, -0.15) is 0 Å². The van der Waals surface area contributed by atoms with Crippen molar-refractivity contribution in [2.24, 2.45) is 0 Å². The van der Waals surface area contributed by atoms with Crippen LogP contribution in [0.1, 0.15) is 5.56 Å². The highest BCUT2D eigenvalue weighted by molar-refractivity contribution is 7.99. The Kier molecular flexibility index (Phi) is 6.57. The molecule has 28 heavy (non-hydrogen) atoms. The van der Waals surface area contributed by atoms with Gasteiger partial charge in [-0.05, 0) is 42.0 Å². The molecule has 0 bridgehead atoms. The van der Waals surface area contributed by atoms with E-state index in [1.54, 1.807) is 0 Å². The molecule has 1 saturated heterocycles. The van der Waals surface area contributed by atoms with Crippen LogP contribution in [0, 0.1) is 0 Å². The molecule has 1 N–H and O–H groups in total. The molecule has 2 aliphatic rings. The van der Waals surface area contributed by atoms with E-state index in [1.165, 1.54) is 10.5 Å². The van der Waals surface area contributed by atoms with Gasteiger partial charge >= 0.3 is 0 Å². The van der Waals surface area contributed by atoms with Gasteiger partial charge in [-0.25, -0.2) is 0 Å². The van der Waals surface area contributed by atoms with Crippen molar-refractivity contribution in [2.45, 2.75) is 11.4 Å². The molecular formula is C21H25N3O2S2. The number of thiocarbonyl (C=S) groups is 1. The number of benzene rings is 2. The summed E-state index contributed by atoms with van der Waals surface area (Å²) in [5, 5.41) is 4.27. The summed E-state index contributed by atoms with van der Waals surface area (Å²) in [7, 11) is 0. The zero-order valence-corrected chi connectivity index (χ0v) is 17.4. The number of ether oxygens (including phenoxy) is 2. The van der Waals surface area contributed by atoms with Crippen molar-refractivity contribution in [3.8, 4) is 11.5 Å². The van der Waals surface area contributed by atoms with Crippen molar-refractivity contribution in [1.29, 1.82) is 0 Å². The van der Waals surface area contributed by atoms with E-state index in [2.05, 4.69) is 51.5 Å². The molecule has 4 rings (SSSR count). The molecule has 2 heterocycles. The van der Waals surface area contributed by atoms with Gasteiger partial charge in [0, 0.05) is 49.9 Å². The Balaban J connectivity index is 1.16. The molecule has 0 unspecified atom stereocenters. The van der Waals surface area contributed by atoms with Crippen molar-refractivity contribution in [3.05, 3.63) is 54.1 Å². The molecule has 0 amide bonds. The van der Waals surface area contributed by atoms with Gasteiger partial charge < -0.3 is 19.7 Å². The van der Waals surface area contributed by atoms with E-state index in [-0.39, 0.29) is 0 Å². The van der Waals surface area contributed by atoms with Crippen LogP contribution in [-0.2, 0) is 6.54 Å². The summed E-state index contributed by atoms with van der Waals surface area (Å²) >= 11 is 7.43. The fourth-order valence-corrected chi connectivity index (χ4v) is 4.44.